The van der Waals surface area contributed by atoms with Gasteiger partial charge in [0.05, 0.1) is 0 Å². The largest absolute Gasteiger partial charge is 0.399 e. The Morgan fingerprint density at radius 1 is 1.50 bits per heavy atom. The summed E-state index contributed by atoms with van der Waals surface area (Å²) >= 11 is 0. The van der Waals surface area contributed by atoms with Crippen LogP contribution in [0.2, 0.25) is 0 Å². The van der Waals surface area contributed by atoms with Crippen LogP contribution in [0.15, 0.2) is 18.2 Å². The Bertz CT molecular complexity index is 438. The van der Waals surface area contributed by atoms with Gasteiger partial charge in [-0.05, 0) is 36.5 Å². The van der Waals surface area contributed by atoms with Crippen molar-refractivity contribution in [2.24, 2.45) is 11.3 Å². The van der Waals surface area contributed by atoms with Crippen molar-refractivity contribution in [2.75, 3.05) is 11.1 Å². The maximum atomic E-state index is 11.9. The monoisotopic (exact) mass is 218 g/mol. The number of carbonyl (C=O) groups excluding carboxylic acids is 1. The highest BCUT2D eigenvalue weighted by Gasteiger charge is 2.50. The molecule has 0 aromatic heterocycles. The molecule has 1 aromatic rings. The van der Waals surface area contributed by atoms with E-state index < -0.39 is 0 Å². The minimum Gasteiger partial charge on any atom is -0.399 e. The zero-order chi connectivity index (χ0) is 11.9. The Morgan fingerprint density at radius 3 is 2.69 bits per heavy atom. The van der Waals surface area contributed by atoms with Crippen LogP contribution in [0.3, 0.4) is 0 Å². The SMILES string of the molecule is Cc1ccc(N)cc1NC(=O)C1CC1(C)C. The second-order valence-electron chi connectivity index (χ2n) is 5.31. The van der Waals surface area contributed by atoms with Gasteiger partial charge >= 0.3 is 0 Å². The minimum absolute atomic E-state index is 0.110. The van der Waals surface area contributed by atoms with Gasteiger partial charge in [-0.15, -0.1) is 0 Å². The van der Waals surface area contributed by atoms with Crippen molar-refractivity contribution in [3.05, 3.63) is 23.8 Å². The predicted molar refractivity (Wildman–Crippen MR) is 66.1 cm³/mol. The zero-order valence-electron chi connectivity index (χ0n) is 10.0. The summed E-state index contributed by atoms with van der Waals surface area (Å²) in [6.45, 7) is 6.19. The highest BCUT2D eigenvalue weighted by Crippen LogP contribution is 2.52. The number of hydrogen-bond acceptors (Lipinski definition) is 2. The van der Waals surface area contributed by atoms with E-state index in [0.29, 0.717) is 5.69 Å². The van der Waals surface area contributed by atoms with E-state index in [-0.39, 0.29) is 17.2 Å². The van der Waals surface area contributed by atoms with Gasteiger partial charge in [-0.25, -0.2) is 0 Å². The number of hydrogen-bond donors (Lipinski definition) is 2. The quantitative estimate of drug-likeness (QED) is 0.749. The van der Waals surface area contributed by atoms with Crippen molar-refractivity contribution in [3.63, 3.8) is 0 Å². The van der Waals surface area contributed by atoms with Gasteiger partial charge < -0.3 is 11.1 Å². The van der Waals surface area contributed by atoms with E-state index in [1.54, 1.807) is 0 Å². The fraction of sp³-hybridized carbons (Fsp3) is 0.462. The number of nitrogens with two attached hydrogens (primary N) is 1. The van der Waals surface area contributed by atoms with Crippen LogP contribution in [0, 0.1) is 18.3 Å². The lowest BCUT2D eigenvalue weighted by Gasteiger charge is -2.10. The summed E-state index contributed by atoms with van der Waals surface area (Å²) in [7, 11) is 0. The van der Waals surface area contributed by atoms with E-state index in [1.807, 2.05) is 25.1 Å². The van der Waals surface area contributed by atoms with Crippen molar-refractivity contribution < 1.29 is 4.79 Å². The molecular weight excluding hydrogens is 200 g/mol. The summed E-state index contributed by atoms with van der Waals surface area (Å²) < 4.78 is 0. The third-order valence-corrected chi connectivity index (χ3v) is 3.35. The topological polar surface area (TPSA) is 55.1 Å². The van der Waals surface area contributed by atoms with Crippen LogP contribution in [0.4, 0.5) is 11.4 Å². The maximum absolute atomic E-state index is 11.9. The van der Waals surface area contributed by atoms with Crippen LogP contribution in [0.1, 0.15) is 25.8 Å². The first kappa shape index (κ1) is 11.0. The van der Waals surface area contributed by atoms with Gasteiger partial charge in [0.25, 0.3) is 0 Å². The van der Waals surface area contributed by atoms with Gasteiger partial charge in [0, 0.05) is 17.3 Å². The Labute approximate surface area is 96.0 Å². The molecule has 1 unspecified atom stereocenters. The summed E-state index contributed by atoms with van der Waals surface area (Å²) in [5.74, 6) is 0.257. The number of carbonyl (C=O) groups is 1. The van der Waals surface area contributed by atoms with E-state index in [2.05, 4.69) is 19.2 Å². The van der Waals surface area contributed by atoms with Crippen molar-refractivity contribution in [2.45, 2.75) is 27.2 Å². The molecule has 1 aromatic carbocycles. The number of rotatable bonds is 2. The summed E-state index contributed by atoms with van der Waals surface area (Å²) in [6, 6.07) is 5.57. The smallest absolute Gasteiger partial charge is 0.228 e. The normalized spacial score (nSPS) is 21.6. The highest BCUT2D eigenvalue weighted by atomic mass is 16.2. The van der Waals surface area contributed by atoms with Gasteiger partial charge in [0.15, 0.2) is 0 Å². The fourth-order valence-electron chi connectivity index (χ4n) is 1.91. The van der Waals surface area contributed by atoms with Crippen molar-refractivity contribution in [1.82, 2.24) is 0 Å². The molecule has 16 heavy (non-hydrogen) atoms. The van der Waals surface area contributed by atoms with Gasteiger partial charge in [0.1, 0.15) is 0 Å². The first-order chi connectivity index (χ1) is 7.40. The van der Waals surface area contributed by atoms with Crippen molar-refractivity contribution >= 4 is 17.3 Å². The van der Waals surface area contributed by atoms with E-state index in [0.717, 1.165) is 17.7 Å². The van der Waals surface area contributed by atoms with Gasteiger partial charge in [-0.2, -0.15) is 0 Å². The van der Waals surface area contributed by atoms with Crippen LogP contribution >= 0.6 is 0 Å². The van der Waals surface area contributed by atoms with Crippen molar-refractivity contribution in [3.8, 4) is 0 Å². The molecule has 0 bridgehead atoms. The fourth-order valence-corrected chi connectivity index (χ4v) is 1.91. The van der Waals surface area contributed by atoms with E-state index in [1.165, 1.54) is 0 Å². The molecule has 0 aliphatic heterocycles. The number of amides is 1. The molecular formula is C13H18N2O. The standard InChI is InChI=1S/C13H18N2O/c1-8-4-5-9(14)6-11(8)15-12(16)10-7-13(10,2)3/h4-6,10H,7,14H2,1-3H3,(H,15,16). The van der Waals surface area contributed by atoms with Gasteiger partial charge in [-0.3, -0.25) is 4.79 Å². The second kappa shape index (κ2) is 3.51. The van der Waals surface area contributed by atoms with Crippen LogP contribution in [0.5, 0.6) is 0 Å². The number of benzene rings is 1. The Kier molecular flexibility index (Phi) is 2.41. The third kappa shape index (κ3) is 2.03. The van der Waals surface area contributed by atoms with E-state index in [9.17, 15) is 4.79 Å². The third-order valence-electron chi connectivity index (χ3n) is 3.35. The van der Waals surface area contributed by atoms with Crippen LogP contribution in [0.25, 0.3) is 0 Å². The lowest BCUT2D eigenvalue weighted by atomic mass is 10.1. The molecule has 0 heterocycles. The highest BCUT2D eigenvalue weighted by molar-refractivity contribution is 5.96. The lowest BCUT2D eigenvalue weighted by molar-refractivity contribution is -0.118. The summed E-state index contributed by atoms with van der Waals surface area (Å²) in [4.78, 5) is 11.9. The number of anilines is 2. The average molecular weight is 218 g/mol. The maximum Gasteiger partial charge on any atom is 0.228 e. The van der Waals surface area contributed by atoms with Crippen LogP contribution in [-0.2, 0) is 4.79 Å². The average Bonchev–Trinajstić information content (AvgIpc) is 2.82. The minimum atomic E-state index is 0.110. The Hall–Kier alpha value is -1.51. The lowest BCUT2D eigenvalue weighted by Crippen LogP contribution is -2.17. The summed E-state index contributed by atoms with van der Waals surface area (Å²) in [5, 5.41) is 2.95. The molecule has 0 radical (unpaired) electrons. The molecule has 1 aliphatic carbocycles. The van der Waals surface area contributed by atoms with Crippen LogP contribution in [-0.4, -0.2) is 5.91 Å². The zero-order valence-corrected chi connectivity index (χ0v) is 10.0. The molecule has 2 rings (SSSR count). The van der Waals surface area contributed by atoms with Crippen molar-refractivity contribution in [1.29, 1.82) is 0 Å². The molecule has 1 aliphatic rings. The Morgan fingerprint density at radius 2 is 2.12 bits per heavy atom. The molecule has 1 fully saturated rings. The molecule has 3 N–H and O–H groups in total. The summed E-state index contributed by atoms with van der Waals surface area (Å²) in [5.41, 5.74) is 8.41. The Balaban J connectivity index is 2.10. The number of nitrogens with one attached hydrogen (secondary N) is 1. The predicted octanol–water partition coefficient (Wildman–Crippen LogP) is 2.56. The van der Waals surface area contributed by atoms with Gasteiger partial charge in [-0.1, -0.05) is 19.9 Å². The molecule has 1 atom stereocenters. The molecule has 3 nitrogen and oxygen atoms in total. The molecule has 86 valence electrons. The number of nitrogen functional groups attached to an aromatic ring is 1. The number of aryl methyl sites for hydroxylation is 1. The molecule has 1 saturated carbocycles. The van der Waals surface area contributed by atoms with E-state index >= 15 is 0 Å². The second-order valence-corrected chi connectivity index (χ2v) is 5.31. The first-order valence-electron chi connectivity index (χ1n) is 5.57. The molecule has 1 amide bonds. The van der Waals surface area contributed by atoms with Gasteiger partial charge in [0.2, 0.25) is 5.91 Å². The first-order valence-corrected chi connectivity index (χ1v) is 5.57. The molecule has 3 heteroatoms. The van der Waals surface area contributed by atoms with Crippen LogP contribution < -0.4 is 11.1 Å². The molecule has 0 spiro atoms. The van der Waals surface area contributed by atoms with E-state index in [4.69, 9.17) is 5.73 Å². The molecule has 0 saturated heterocycles. The summed E-state index contributed by atoms with van der Waals surface area (Å²) in [6.07, 6.45) is 0.972.